The number of rotatable bonds is 13. The predicted molar refractivity (Wildman–Crippen MR) is 142 cm³/mol. The first-order valence-electron chi connectivity index (χ1n) is 11.7. The number of para-hydroxylation sites is 1. The largest absolute Gasteiger partial charge is 0.482 e. The highest BCUT2D eigenvalue weighted by atomic mass is 35.5. The van der Waals surface area contributed by atoms with Crippen molar-refractivity contribution in [3.63, 3.8) is 0 Å². The van der Waals surface area contributed by atoms with E-state index in [0.29, 0.717) is 41.8 Å². The van der Waals surface area contributed by atoms with Gasteiger partial charge in [-0.05, 0) is 41.8 Å². The molecule has 0 spiro atoms. The van der Waals surface area contributed by atoms with Gasteiger partial charge in [0, 0.05) is 38.2 Å². The molecule has 0 radical (unpaired) electrons. The van der Waals surface area contributed by atoms with Gasteiger partial charge >= 0.3 is 0 Å². The summed E-state index contributed by atoms with van der Waals surface area (Å²) in [7, 11) is 1.62. The van der Waals surface area contributed by atoms with Crippen molar-refractivity contribution >= 4 is 35.0 Å². The lowest BCUT2D eigenvalue weighted by Gasteiger charge is -2.31. The van der Waals surface area contributed by atoms with E-state index in [1.54, 1.807) is 48.4 Å². The van der Waals surface area contributed by atoms with Gasteiger partial charge in [-0.25, -0.2) is 0 Å². The van der Waals surface area contributed by atoms with E-state index in [1.807, 2.05) is 42.5 Å². The summed E-state index contributed by atoms with van der Waals surface area (Å²) < 4.78 is 10.8. The third kappa shape index (κ3) is 8.55. The summed E-state index contributed by atoms with van der Waals surface area (Å²) >= 11 is 12.3. The van der Waals surface area contributed by atoms with E-state index in [0.717, 1.165) is 11.1 Å². The highest BCUT2D eigenvalue weighted by Gasteiger charge is 2.30. The molecule has 3 aromatic rings. The molecule has 0 aliphatic heterocycles. The van der Waals surface area contributed by atoms with Gasteiger partial charge < -0.3 is 19.7 Å². The second-order valence-electron chi connectivity index (χ2n) is 8.21. The fourth-order valence-corrected chi connectivity index (χ4v) is 3.99. The van der Waals surface area contributed by atoms with Crippen LogP contribution in [0.25, 0.3) is 0 Å². The third-order valence-electron chi connectivity index (χ3n) is 5.55. The molecule has 0 bridgehead atoms. The maximum atomic E-state index is 13.5. The highest BCUT2D eigenvalue weighted by molar-refractivity contribution is 6.32. The maximum absolute atomic E-state index is 13.5. The van der Waals surface area contributed by atoms with Crippen LogP contribution in [0.5, 0.6) is 5.75 Å². The molecule has 6 nitrogen and oxygen atoms in total. The number of carbonyl (C=O) groups excluding carboxylic acids is 2. The lowest BCUT2D eigenvalue weighted by atomic mass is 10.0. The molecule has 190 valence electrons. The first-order chi connectivity index (χ1) is 17.5. The maximum Gasteiger partial charge on any atom is 0.261 e. The van der Waals surface area contributed by atoms with Crippen molar-refractivity contribution in [3.05, 3.63) is 100 Å². The molecule has 1 N–H and O–H groups in total. The van der Waals surface area contributed by atoms with E-state index in [1.165, 1.54) is 0 Å². The molecule has 0 saturated carbocycles. The van der Waals surface area contributed by atoms with Crippen LogP contribution in [0.15, 0.2) is 78.9 Å². The van der Waals surface area contributed by atoms with E-state index < -0.39 is 6.04 Å². The van der Waals surface area contributed by atoms with Crippen LogP contribution in [0.2, 0.25) is 10.0 Å². The van der Waals surface area contributed by atoms with Gasteiger partial charge in [-0.2, -0.15) is 0 Å². The minimum Gasteiger partial charge on any atom is -0.482 e. The SMILES string of the molecule is COCCCNC(=O)C(Cc1ccccc1)N(Cc1ccc(Cl)cc1)C(=O)COc1ccccc1Cl. The Bertz CT molecular complexity index is 1110. The summed E-state index contributed by atoms with van der Waals surface area (Å²) in [5.74, 6) is -0.171. The quantitative estimate of drug-likeness (QED) is 0.311. The Hall–Kier alpha value is -3.06. The van der Waals surface area contributed by atoms with Crippen LogP contribution in [0, 0.1) is 0 Å². The fourth-order valence-electron chi connectivity index (χ4n) is 3.67. The van der Waals surface area contributed by atoms with E-state index in [4.69, 9.17) is 32.7 Å². The van der Waals surface area contributed by atoms with Gasteiger partial charge in [-0.3, -0.25) is 9.59 Å². The smallest absolute Gasteiger partial charge is 0.261 e. The number of ether oxygens (including phenoxy) is 2. The Labute approximate surface area is 222 Å². The van der Waals surface area contributed by atoms with Crippen molar-refractivity contribution in [2.75, 3.05) is 26.9 Å². The molecule has 0 aromatic heterocycles. The minimum atomic E-state index is -0.757. The van der Waals surface area contributed by atoms with Gasteiger partial charge in [-0.15, -0.1) is 0 Å². The van der Waals surface area contributed by atoms with Crippen LogP contribution in [0.4, 0.5) is 0 Å². The number of hydrogen-bond acceptors (Lipinski definition) is 4. The average Bonchev–Trinajstić information content (AvgIpc) is 2.89. The Morgan fingerprint density at radius 2 is 1.61 bits per heavy atom. The zero-order valence-corrected chi connectivity index (χ0v) is 21.7. The van der Waals surface area contributed by atoms with Crippen LogP contribution in [-0.2, 0) is 27.3 Å². The van der Waals surface area contributed by atoms with Gasteiger partial charge in [0.2, 0.25) is 5.91 Å². The fraction of sp³-hybridized carbons (Fsp3) is 0.286. The molecule has 0 saturated heterocycles. The van der Waals surface area contributed by atoms with Crippen molar-refractivity contribution in [1.82, 2.24) is 10.2 Å². The van der Waals surface area contributed by atoms with E-state index in [2.05, 4.69) is 5.32 Å². The minimum absolute atomic E-state index is 0.213. The normalized spacial score (nSPS) is 11.5. The van der Waals surface area contributed by atoms with Crippen LogP contribution in [0.3, 0.4) is 0 Å². The van der Waals surface area contributed by atoms with Crippen LogP contribution in [-0.4, -0.2) is 49.6 Å². The summed E-state index contributed by atoms with van der Waals surface area (Å²) in [5, 5.41) is 3.96. The number of amides is 2. The second-order valence-corrected chi connectivity index (χ2v) is 9.05. The number of nitrogens with one attached hydrogen (secondary N) is 1. The Balaban J connectivity index is 1.87. The molecule has 0 aliphatic rings. The zero-order valence-electron chi connectivity index (χ0n) is 20.2. The Morgan fingerprint density at radius 1 is 0.917 bits per heavy atom. The van der Waals surface area contributed by atoms with Crippen LogP contribution < -0.4 is 10.1 Å². The van der Waals surface area contributed by atoms with Gasteiger partial charge in [-0.1, -0.05) is 77.8 Å². The lowest BCUT2D eigenvalue weighted by Crippen LogP contribution is -2.51. The molecule has 0 fully saturated rings. The number of benzene rings is 3. The van der Waals surface area contributed by atoms with Crippen LogP contribution >= 0.6 is 23.2 Å². The number of carbonyl (C=O) groups is 2. The van der Waals surface area contributed by atoms with Gasteiger partial charge in [0.1, 0.15) is 11.8 Å². The lowest BCUT2D eigenvalue weighted by molar-refractivity contribution is -0.142. The summed E-state index contributed by atoms with van der Waals surface area (Å²) in [6, 6.07) is 23.0. The number of nitrogens with zero attached hydrogens (tertiary/aromatic N) is 1. The predicted octanol–water partition coefficient (Wildman–Crippen LogP) is 5.17. The summed E-state index contributed by atoms with van der Waals surface area (Å²) in [6.45, 7) is 0.921. The van der Waals surface area contributed by atoms with Crippen molar-refractivity contribution in [2.45, 2.75) is 25.4 Å². The van der Waals surface area contributed by atoms with Gasteiger partial charge in [0.05, 0.1) is 5.02 Å². The molecule has 2 amide bonds. The standard InChI is InChI=1S/C28H30Cl2N2O4/c1-35-17-7-16-31-28(34)25(18-21-8-3-2-4-9-21)32(19-22-12-14-23(29)15-13-22)27(33)20-36-26-11-6-5-10-24(26)30/h2-6,8-15,25H,7,16-20H2,1H3,(H,31,34). The summed E-state index contributed by atoms with van der Waals surface area (Å²) in [5.41, 5.74) is 1.78. The molecule has 0 aliphatic carbocycles. The second kappa shape index (κ2) is 14.5. The molecule has 36 heavy (non-hydrogen) atoms. The first-order valence-corrected chi connectivity index (χ1v) is 12.5. The van der Waals surface area contributed by atoms with E-state index >= 15 is 0 Å². The average molecular weight is 529 g/mol. The Kier molecular flexibility index (Phi) is 11.1. The molecule has 3 aromatic carbocycles. The highest BCUT2D eigenvalue weighted by Crippen LogP contribution is 2.23. The molecule has 3 rings (SSSR count). The molecular formula is C28H30Cl2N2O4. The summed E-state index contributed by atoms with van der Waals surface area (Å²) in [6.07, 6.45) is 1.02. The topological polar surface area (TPSA) is 67.9 Å². The zero-order chi connectivity index (χ0) is 25.8. The molecule has 0 heterocycles. The van der Waals surface area contributed by atoms with E-state index in [9.17, 15) is 9.59 Å². The van der Waals surface area contributed by atoms with Gasteiger partial charge in [0.15, 0.2) is 6.61 Å². The number of methoxy groups -OCH3 is 1. The molecular weight excluding hydrogens is 499 g/mol. The molecule has 1 atom stereocenters. The molecule has 8 heteroatoms. The van der Waals surface area contributed by atoms with Gasteiger partial charge in [0.25, 0.3) is 5.91 Å². The number of hydrogen-bond donors (Lipinski definition) is 1. The van der Waals surface area contributed by atoms with E-state index in [-0.39, 0.29) is 25.0 Å². The van der Waals surface area contributed by atoms with Crippen LogP contribution in [0.1, 0.15) is 17.5 Å². The summed E-state index contributed by atoms with van der Waals surface area (Å²) in [4.78, 5) is 28.5. The van der Waals surface area contributed by atoms with Crippen molar-refractivity contribution < 1.29 is 19.1 Å². The van der Waals surface area contributed by atoms with Crippen molar-refractivity contribution in [2.24, 2.45) is 0 Å². The van der Waals surface area contributed by atoms with Crippen molar-refractivity contribution in [1.29, 1.82) is 0 Å². The monoisotopic (exact) mass is 528 g/mol. The first kappa shape index (κ1) is 27.5. The Morgan fingerprint density at radius 3 is 2.31 bits per heavy atom. The van der Waals surface area contributed by atoms with Crippen molar-refractivity contribution in [3.8, 4) is 5.75 Å². The third-order valence-corrected chi connectivity index (χ3v) is 6.11. The number of halogens is 2. The molecule has 1 unspecified atom stereocenters.